The maximum atomic E-state index is 10.0. The van der Waals surface area contributed by atoms with E-state index in [1.165, 1.54) is 32.1 Å². The number of hydrogen-bond acceptors (Lipinski definition) is 3. The van der Waals surface area contributed by atoms with E-state index in [9.17, 15) is 9.90 Å². The Bertz CT molecular complexity index is 206. The first kappa shape index (κ1) is 24.7. The van der Waals surface area contributed by atoms with Gasteiger partial charge in [-0.3, -0.25) is 0 Å². The van der Waals surface area contributed by atoms with Gasteiger partial charge in [-0.25, -0.2) is 0 Å². The summed E-state index contributed by atoms with van der Waals surface area (Å²) in [6.07, 6.45) is 8.34. The van der Waals surface area contributed by atoms with Gasteiger partial charge in [0, 0.05) is 5.97 Å². The standard InChI is InChI=1S/C10H20O2.C5H14NO.ClH/c1-2-3-4-5-6-7-8-9-10(11)12;1-6(2,3)4-5-7;/h2-9H2,1H3,(H,11,12);7H,4-5H2,1-3H3;1H/q;+1;/p-1. The van der Waals surface area contributed by atoms with Gasteiger partial charge >= 0.3 is 0 Å². The predicted octanol–water partition coefficient (Wildman–Crippen LogP) is 1.98. The second-order valence-electron chi connectivity index (χ2n) is 5.98. The van der Waals surface area contributed by atoms with E-state index in [4.69, 9.17) is 5.11 Å². The molecule has 124 valence electrons. The molecule has 0 aromatic heterocycles. The van der Waals surface area contributed by atoms with Gasteiger partial charge in [-0.15, -0.1) is 12.4 Å². The summed E-state index contributed by atoms with van der Waals surface area (Å²) in [5, 5.41) is 18.4. The summed E-state index contributed by atoms with van der Waals surface area (Å²) in [6.45, 7) is 3.31. The molecule has 0 fully saturated rings. The zero-order chi connectivity index (χ0) is 15.1. The maximum Gasteiger partial charge on any atom is 0.101 e. The van der Waals surface area contributed by atoms with Crippen LogP contribution in [0.5, 0.6) is 0 Å². The molecule has 0 atom stereocenters. The number of carbonyl (C=O) groups is 1. The lowest BCUT2D eigenvalue weighted by atomic mass is 10.1. The van der Waals surface area contributed by atoms with Crippen LogP contribution >= 0.6 is 12.4 Å². The molecular weight excluding hydrogens is 278 g/mol. The molecule has 1 N–H and O–H groups in total. The molecule has 20 heavy (non-hydrogen) atoms. The van der Waals surface area contributed by atoms with Crippen molar-refractivity contribution < 1.29 is 19.5 Å². The van der Waals surface area contributed by atoms with Crippen LogP contribution in [0.4, 0.5) is 0 Å². The number of rotatable bonds is 10. The average Bonchev–Trinajstić information content (AvgIpc) is 2.27. The molecule has 0 spiro atoms. The van der Waals surface area contributed by atoms with Crippen LogP contribution in [-0.4, -0.2) is 49.9 Å². The molecule has 0 aromatic rings. The van der Waals surface area contributed by atoms with Crippen LogP contribution in [0.2, 0.25) is 0 Å². The van der Waals surface area contributed by atoms with Gasteiger partial charge in [0.1, 0.15) is 6.54 Å². The number of aliphatic hydroxyl groups excluding tert-OH is 1. The summed E-state index contributed by atoms with van der Waals surface area (Å²) < 4.78 is 0.844. The highest BCUT2D eigenvalue weighted by atomic mass is 35.5. The molecule has 0 bridgehead atoms. The van der Waals surface area contributed by atoms with Crippen molar-refractivity contribution in [3.63, 3.8) is 0 Å². The Morgan fingerprint density at radius 1 is 1.00 bits per heavy atom. The summed E-state index contributed by atoms with van der Waals surface area (Å²) in [5.74, 6) is -0.913. The van der Waals surface area contributed by atoms with Gasteiger partial charge in [0.25, 0.3) is 0 Å². The SMILES string of the molecule is CCCCCCCCCC(=O)[O-].C[N+](C)(C)CCO.Cl. The van der Waals surface area contributed by atoms with Crippen molar-refractivity contribution in [3.05, 3.63) is 0 Å². The minimum atomic E-state index is -0.913. The zero-order valence-corrected chi connectivity index (χ0v) is 14.5. The van der Waals surface area contributed by atoms with E-state index in [2.05, 4.69) is 28.1 Å². The second kappa shape index (κ2) is 16.7. The van der Waals surface area contributed by atoms with Crippen molar-refractivity contribution in [1.29, 1.82) is 0 Å². The third kappa shape index (κ3) is 30.6. The van der Waals surface area contributed by atoms with Crippen LogP contribution in [0.3, 0.4) is 0 Å². The number of quaternary nitrogens is 1. The maximum absolute atomic E-state index is 10.0. The molecule has 0 rings (SSSR count). The average molecular weight is 312 g/mol. The molecule has 0 aliphatic rings. The number of carbonyl (C=O) groups excluding carboxylic acids is 1. The van der Waals surface area contributed by atoms with Gasteiger partial charge in [-0.1, -0.05) is 45.4 Å². The fourth-order valence-corrected chi connectivity index (χ4v) is 1.53. The summed E-state index contributed by atoms with van der Waals surface area (Å²) in [4.78, 5) is 10.0. The van der Waals surface area contributed by atoms with Gasteiger partial charge in [0.05, 0.1) is 27.7 Å². The molecule has 0 aliphatic heterocycles. The van der Waals surface area contributed by atoms with Crippen molar-refractivity contribution in [3.8, 4) is 0 Å². The highest BCUT2D eigenvalue weighted by molar-refractivity contribution is 5.85. The van der Waals surface area contributed by atoms with E-state index in [1.54, 1.807) is 0 Å². The molecular formula is C15H34ClNO3. The number of likely N-dealkylation sites (N-methyl/N-ethyl adjacent to an activating group) is 1. The number of carboxylic acids is 1. The van der Waals surface area contributed by atoms with Crippen LogP contribution < -0.4 is 5.11 Å². The third-order valence-corrected chi connectivity index (χ3v) is 2.76. The molecule has 0 amide bonds. The van der Waals surface area contributed by atoms with Crippen LogP contribution in [0.1, 0.15) is 58.3 Å². The quantitative estimate of drug-likeness (QED) is 0.496. The Kier molecular flexibility index (Phi) is 20.7. The third-order valence-electron chi connectivity index (χ3n) is 2.76. The van der Waals surface area contributed by atoms with Crippen molar-refractivity contribution >= 4 is 18.4 Å². The van der Waals surface area contributed by atoms with Crippen LogP contribution in [0.25, 0.3) is 0 Å². The number of unbranched alkanes of at least 4 members (excludes halogenated alkanes) is 6. The van der Waals surface area contributed by atoms with Crippen molar-refractivity contribution in [2.75, 3.05) is 34.3 Å². The normalized spacial score (nSPS) is 10.2. The monoisotopic (exact) mass is 311 g/mol. The lowest BCUT2D eigenvalue weighted by Crippen LogP contribution is -2.36. The molecule has 0 saturated heterocycles. The summed E-state index contributed by atoms with van der Waals surface area (Å²) >= 11 is 0. The van der Waals surface area contributed by atoms with E-state index in [1.807, 2.05) is 0 Å². The number of hydrogen-bond donors (Lipinski definition) is 1. The van der Waals surface area contributed by atoms with E-state index >= 15 is 0 Å². The Morgan fingerprint density at radius 3 is 1.75 bits per heavy atom. The summed E-state index contributed by atoms with van der Waals surface area (Å²) in [6, 6.07) is 0. The van der Waals surface area contributed by atoms with Crippen LogP contribution in [0.15, 0.2) is 0 Å². The molecule has 5 heteroatoms. The molecule has 0 radical (unpaired) electrons. The van der Waals surface area contributed by atoms with E-state index in [0.717, 1.165) is 23.9 Å². The molecule has 0 saturated carbocycles. The van der Waals surface area contributed by atoms with E-state index in [0.29, 0.717) is 0 Å². The highest BCUT2D eigenvalue weighted by Crippen LogP contribution is 2.07. The minimum absolute atomic E-state index is 0. The second-order valence-corrected chi connectivity index (χ2v) is 5.98. The van der Waals surface area contributed by atoms with Gasteiger partial charge in [-0.2, -0.15) is 0 Å². The number of carboxylic acid groups (broad SMARTS) is 1. The fraction of sp³-hybridized carbons (Fsp3) is 0.933. The summed E-state index contributed by atoms with van der Waals surface area (Å²) in [7, 11) is 6.16. The van der Waals surface area contributed by atoms with E-state index < -0.39 is 5.97 Å². The fourth-order valence-electron chi connectivity index (χ4n) is 1.53. The zero-order valence-electron chi connectivity index (χ0n) is 13.7. The topological polar surface area (TPSA) is 60.4 Å². The lowest BCUT2D eigenvalue weighted by molar-refractivity contribution is -0.870. The highest BCUT2D eigenvalue weighted by Gasteiger charge is 2.02. The van der Waals surface area contributed by atoms with Crippen LogP contribution in [0, 0.1) is 0 Å². The lowest BCUT2D eigenvalue weighted by Gasteiger charge is -2.21. The Labute approximate surface area is 131 Å². The minimum Gasteiger partial charge on any atom is -0.550 e. The first-order valence-electron chi connectivity index (χ1n) is 7.44. The van der Waals surface area contributed by atoms with Crippen molar-refractivity contribution in [2.45, 2.75) is 58.3 Å². The largest absolute Gasteiger partial charge is 0.550 e. The predicted molar refractivity (Wildman–Crippen MR) is 84.9 cm³/mol. The van der Waals surface area contributed by atoms with Gasteiger partial charge in [0.2, 0.25) is 0 Å². The summed E-state index contributed by atoms with van der Waals surface area (Å²) in [5.41, 5.74) is 0. The molecule has 0 aliphatic carbocycles. The number of aliphatic hydroxyl groups is 1. The van der Waals surface area contributed by atoms with Crippen molar-refractivity contribution in [2.24, 2.45) is 0 Å². The first-order valence-corrected chi connectivity index (χ1v) is 7.44. The Morgan fingerprint density at radius 2 is 1.45 bits per heavy atom. The Hall–Kier alpha value is -0.320. The number of nitrogens with zero attached hydrogens (tertiary/aromatic N) is 1. The van der Waals surface area contributed by atoms with Gasteiger partial charge in [-0.05, 0) is 12.8 Å². The van der Waals surface area contributed by atoms with Gasteiger partial charge < -0.3 is 19.5 Å². The number of aliphatic carboxylic acids is 1. The number of halogens is 1. The van der Waals surface area contributed by atoms with E-state index in [-0.39, 0.29) is 25.4 Å². The van der Waals surface area contributed by atoms with Crippen molar-refractivity contribution in [1.82, 2.24) is 0 Å². The Balaban J connectivity index is -0.000000312. The molecule has 0 aromatic carbocycles. The molecule has 4 nitrogen and oxygen atoms in total. The van der Waals surface area contributed by atoms with Crippen LogP contribution in [-0.2, 0) is 4.79 Å². The van der Waals surface area contributed by atoms with Gasteiger partial charge in [0.15, 0.2) is 0 Å². The smallest absolute Gasteiger partial charge is 0.101 e. The molecule has 0 heterocycles. The first-order chi connectivity index (χ1) is 8.83. The molecule has 0 unspecified atom stereocenters.